The summed E-state index contributed by atoms with van der Waals surface area (Å²) in [7, 11) is 0. The number of nitrogens with zero attached hydrogens (tertiary/aromatic N) is 1. The van der Waals surface area contributed by atoms with Gasteiger partial charge in [-0.2, -0.15) is 0 Å². The lowest BCUT2D eigenvalue weighted by Gasteiger charge is -2.04. The van der Waals surface area contributed by atoms with Crippen LogP contribution in [0.15, 0.2) is 42.5 Å². The Kier molecular flexibility index (Phi) is 3.34. The molecule has 0 aliphatic heterocycles. The van der Waals surface area contributed by atoms with E-state index < -0.39 is 0 Å². The topological polar surface area (TPSA) is 73.6 Å². The minimum atomic E-state index is -0.101. The van der Waals surface area contributed by atoms with Crippen molar-refractivity contribution in [3.05, 3.63) is 65.1 Å². The maximum Gasteiger partial charge on any atom is 0.251 e. The third kappa shape index (κ3) is 2.44. The van der Waals surface area contributed by atoms with Crippen molar-refractivity contribution < 1.29 is 4.79 Å². The zero-order chi connectivity index (χ0) is 16.7. The molecule has 2 heterocycles. The molecule has 2 aromatic carbocycles. The van der Waals surface area contributed by atoms with Crippen LogP contribution in [0.25, 0.3) is 21.9 Å². The van der Waals surface area contributed by atoms with Gasteiger partial charge in [-0.3, -0.25) is 4.79 Å². The predicted octanol–water partition coefficient (Wildman–Crippen LogP) is 3.59. The Morgan fingerprint density at radius 3 is 2.75 bits per heavy atom. The lowest BCUT2D eigenvalue weighted by molar-refractivity contribution is 0.0950. The first kappa shape index (κ1) is 14.5. The Bertz CT molecular complexity index is 1020. The van der Waals surface area contributed by atoms with Gasteiger partial charge in [0.1, 0.15) is 5.82 Å². The van der Waals surface area contributed by atoms with Crippen molar-refractivity contribution in [3.8, 4) is 0 Å². The number of carbonyl (C=O) groups excluding carboxylic acids is 1. The average Bonchev–Trinajstić information content (AvgIpc) is 3.13. The zero-order valence-corrected chi connectivity index (χ0v) is 13.6. The Balaban J connectivity index is 1.54. The number of hydrogen-bond acceptors (Lipinski definition) is 2. The summed E-state index contributed by atoms with van der Waals surface area (Å²) in [5.74, 6) is 0.648. The maximum absolute atomic E-state index is 12.4. The van der Waals surface area contributed by atoms with Crippen molar-refractivity contribution >= 4 is 27.8 Å². The fourth-order valence-corrected chi connectivity index (χ4v) is 2.96. The van der Waals surface area contributed by atoms with Crippen LogP contribution in [0.1, 0.15) is 27.4 Å². The zero-order valence-electron chi connectivity index (χ0n) is 13.6. The van der Waals surface area contributed by atoms with Crippen LogP contribution in [0.2, 0.25) is 0 Å². The summed E-state index contributed by atoms with van der Waals surface area (Å²) < 4.78 is 0. The number of benzene rings is 2. The second kappa shape index (κ2) is 5.53. The molecule has 3 N–H and O–H groups in total. The van der Waals surface area contributed by atoms with E-state index in [2.05, 4.69) is 27.2 Å². The van der Waals surface area contributed by atoms with Crippen molar-refractivity contribution in [2.24, 2.45) is 0 Å². The first-order chi connectivity index (χ1) is 11.6. The molecule has 4 aromatic rings. The van der Waals surface area contributed by atoms with E-state index in [0.717, 1.165) is 33.5 Å². The van der Waals surface area contributed by atoms with Crippen LogP contribution < -0.4 is 5.32 Å². The molecule has 4 rings (SSSR count). The third-order valence-corrected chi connectivity index (χ3v) is 4.43. The fourth-order valence-electron chi connectivity index (χ4n) is 2.96. The van der Waals surface area contributed by atoms with Gasteiger partial charge in [-0.25, -0.2) is 4.98 Å². The number of nitrogens with one attached hydrogen (secondary N) is 3. The van der Waals surface area contributed by atoms with Crippen LogP contribution in [0.5, 0.6) is 0 Å². The van der Waals surface area contributed by atoms with E-state index in [-0.39, 0.29) is 5.91 Å². The van der Waals surface area contributed by atoms with Crippen LogP contribution in [-0.4, -0.2) is 20.9 Å². The third-order valence-electron chi connectivity index (χ3n) is 4.43. The lowest BCUT2D eigenvalue weighted by atomic mass is 10.1. The Morgan fingerprint density at radius 1 is 1.08 bits per heavy atom. The van der Waals surface area contributed by atoms with E-state index in [9.17, 15) is 4.79 Å². The molecule has 0 unspecified atom stereocenters. The van der Waals surface area contributed by atoms with Gasteiger partial charge in [0, 0.05) is 22.2 Å². The van der Waals surface area contributed by atoms with Crippen LogP contribution >= 0.6 is 0 Å². The molecule has 0 saturated heterocycles. The predicted molar refractivity (Wildman–Crippen MR) is 95.0 cm³/mol. The van der Waals surface area contributed by atoms with Crippen LogP contribution in [0.4, 0.5) is 0 Å². The normalized spacial score (nSPS) is 11.2. The fraction of sp³-hybridized carbons (Fsp3) is 0.158. The molecule has 5 heteroatoms. The molecule has 0 atom stereocenters. The maximum atomic E-state index is 12.4. The quantitative estimate of drug-likeness (QED) is 0.540. The summed E-state index contributed by atoms with van der Waals surface area (Å²) >= 11 is 0. The van der Waals surface area contributed by atoms with Gasteiger partial charge >= 0.3 is 0 Å². The Labute approximate surface area is 139 Å². The van der Waals surface area contributed by atoms with Crippen molar-refractivity contribution in [1.82, 2.24) is 20.3 Å². The summed E-state index contributed by atoms with van der Waals surface area (Å²) in [6.07, 6.45) is 0. The monoisotopic (exact) mass is 318 g/mol. The number of carbonyl (C=O) groups is 1. The molecule has 120 valence electrons. The van der Waals surface area contributed by atoms with Gasteiger partial charge in [-0.15, -0.1) is 0 Å². The molecule has 0 fully saturated rings. The number of hydrogen-bond donors (Lipinski definition) is 3. The van der Waals surface area contributed by atoms with Crippen molar-refractivity contribution in [2.75, 3.05) is 0 Å². The molecule has 5 nitrogen and oxygen atoms in total. The number of aromatic nitrogens is 3. The molecule has 0 bridgehead atoms. The molecule has 0 radical (unpaired) electrons. The number of rotatable bonds is 3. The number of fused-ring (bicyclic) bond motifs is 2. The molecule has 0 aliphatic carbocycles. The molecule has 0 saturated carbocycles. The number of aromatic amines is 2. The van der Waals surface area contributed by atoms with Gasteiger partial charge in [0.25, 0.3) is 5.91 Å². The van der Waals surface area contributed by atoms with Crippen molar-refractivity contribution in [1.29, 1.82) is 0 Å². The van der Waals surface area contributed by atoms with Crippen LogP contribution in [0.3, 0.4) is 0 Å². The van der Waals surface area contributed by atoms with E-state index in [1.165, 1.54) is 5.56 Å². The average molecular weight is 318 g/mol. The van der Waals surface area contributed by atoms with E-state index in [4.69, 9.17) is 0 Å². The van der Waals surface area contributed by atoms with Gasteiger partial charge in [0.15, 0.2) is 0 Å². The Morgan fingerprint density at radius 2 is 1.92 bits per heavy atom. The summed E-state index contributed by atoms with van der Waals surface area (Å²) in [5.41, 5.74) is 5.89. The summed E-state index contributed by atoms with van der Waals surface area (Å²) in [4.78, 5) is 23.4. The number of H-pyrrole nitrogens is 2. The van der Waals surface area contributed by atoms with Crippen LogP contribution in [0, 0.1) is 13.8 Å². The van der Waals surface area contributed by atoms with E-state index in [0.29, 0.717) is 12.1 Å². The van der Waals surface area contributed by atoms with Gasteiger partial charge < -0.3 is 15.3 Å². The largest absolute Gasteiger partial charge is 0.358 e. The number of imidazole rings is 1. The molecule has 0 aliphatic rings. The lowest BCUT2D eigenvalue weighted by Crippen LogP contribution is -2.23. The number of para-hydroxylation sites is 2. The van der Waals surface area contributed by atoms with Crippen molar-refractivity contribution in [2.45, 2.75) is 20.4 Å². The van der Waals surface area contributed by atoms with E-state index >= 15 is 0 Å². The molecular formula is C19H18N4O. The van der Waals surface area contributed by atoms with Gasteiger partial charge in [0.05, 0.1) is 17.6 Å². The first-order valence-electron chi connectivity index (χ1n) is 7.92. The second-order valence-corrected chi connectivity index (χ2v) is 6.02. The highest BCUT2D eigenvalue weighted by atomic mass is 16.1. The Hall–Kier alpha value is -3.08. The summed E-state index contributed by atoms with van der Waals surface area (Å²) in [6.45, 7) is 4.47. The molecule has 0 spiro atoms. The van der Waals surface area contributed by atoms with Gasteiger partial charge in [-0.1, -0.05) is 12.1 Å². The minimum Gasteiger partial charge on any atom is -0.358 e. The molecular weight excluding hydrogens is 300 g/mol. The highest BCUT2D eigenvalue weighted by Crippen LogP contribution is 2.22. The molecule has 1 amide bonds. The van der Waals surface area contributed by atoms with Crippen molar-refractivity contribution in [3.63, 3.8) is 0 Å². The summed E-state index contributed by atoms with van der Waals surface area (Å²) in [6, 6.07) is 13.5. The highest BCUT2D eigenvalue weighted by Gasteiger charge is 2.10. The minimum absolute atomic E-state index is 0.101. The van der Waals surface area contributed by atoms with E-state index in [1.54, 1.807) is 0 Å². The van der Waals surface area contributed by atoms with E-state index in [1.807, 2.05) is 49.4 Å². The number of amides is 1. The van der Waals surface area contributed by atoms with Crippen LogP contribution in [-0.2, 0) is 6.54 Å². The smallest absolute Gasteiger partial charge is 0.251 e. The highest BCUT2D eigenvalue weighted by molar-refractivity contribution is 5.99. The summed E-state index contributed by atoms with van der Waals surface area (Å²) in [5, 5.41) is 4.01. The molecule has 2 aromatic heterocycles. The second-order valence-electron chi connectivity index (χ2n) is 6.02. The SMILES string of the molecule is Cc1[nH]c2ccc(C(=O)NCc3nc4ccccc4[nH]3)cc2c1C. The first-order valence-corrected chi connectivity index (χ1v) is 7.92. The van der Waals surface area contributed by atoms with Gasteiger partial charge in [-0.05, 0) is 49.7 Å². The number of aryl methyl sites for hydroxylation is 2. The standard InChI is InChI=1S/C19H18N4O/c1-11-12(2)21-15-8-7-13(9-14(11)15)19(24)20-10-18-22-16-5-3-4-6-17(16)23-18/h3-9,21H,10H2,1-2H3,(H,20,24)(H,22,23). The van der Waals surface area contributed by atoms with Gasteiger partial charge in [0.2, 0.25) is 0 Å². The molecule has 24 heavy (non-hydrogen) atoms.